The number of aromatic nitrogens is 4. The molecule has 1 aliphatic rings. The topological polar surface area (TPSA) is 66.5 Å². The summed E-state index contributed by atoms with van der Waals surface area (Å²) in [6, 6.07) is 0.472. The summed E-state index contributed by atoms with van der Waals surface area (Å²) in [7, 11) is 0. The molecule has 2 aromatic heterocycles. The summed E-state index contributed by atoms with van der Waals surface area (Å²) < 4.78 is 0. The first kappa shape index (κ1) is 12.4. The number of imidazole rings is 1. The van der Waals surface area contributed by atoms with E-state index < -0.39 is 0 Å². The van der Waals surface area contributed by atoms with Gasteiger partial charge in [0.05, 0.1) is 6.33 Å². The molecule has 102 valence electrons. The van der Waals surface area contributed by atoms with Crippen LogP contribution < -0.4 is 5.32 Å². The molecule has 2 aromatic rings. The number of anilines is 1. The van der Waals surface area contributed by atoms with Gasteiger partial charge in [-0.3, -0.25) is 0 Å². The molecule has 0 spiro atoms. The van der Waals surface area contributed by atoms with Crippen molar-refractivity contribution in [1.29, 1.82) is 0 Å². The van der Waals surface area contributed by atoms with Crippen molar-refractivity contribution < 1.29 is 0 Å². The summed E-state index contributed by atoms with van der Waals surface area (Å²) in [6.45, 7) is 7.04. The highest BCUT2D eigenvalue weighted by molar-refractivity contribution is 5.82. The van der Waals surface area contributed by atoms with Crippen LogP contribution in [0.5, 0.6) is 0 Å². The maximum Gasteiger partial charge on any atom is 0.182 e. The van der Waals surface area contributed by atoms with E-state index in [1.54, 1.807) is 12.7 Å². The lowest BCUT2D eigenvalue weighted by atomic mass is 9.70. The fraction of sp³-hybridized carbons (Fsp3) is 0.643. The van der Waals surface area contributed by atoms with Gasteiger partial charge in [-0.15, -0.1) is 0 Å². The lowest BCUT2D eigenvalue weighted by Gasteiger charge is -2.39. The van der Waals surface area contributed by atoms with E-state index in [4.69, 9.17) is 0 Å². The van der Waals surface area contributed by atoms with Crippen molar-refractivity contribution in [3.05, 3.63) is 12.7 Å². The molecule has 0 bridgehead atoms. The van der Waals surface area contributed by atoms with Gasteiger partial charge < -0.3 is 10.3 Å². The SMILES string of the molecule is C[C@H]1C[C@H](Nc2ncnc3nc[nH]c23)CC(C)(C)C1. The highest BCUT2D eigenvalue weighted by Crippen LogP contribution is 2.39. The minimum absolute atomic E-state index is 0.398. The van der Waals surface area contributed by atoms with Crippen LogP contribution in [0.4, 0.5) is 5.82 Å². The Morgan fingerprint density at radius 3 is 2.89 bits per heavy atom. The molecule has 2 N–H and O–H groups in total. The van der Waals surface area contributed by atoms with E-state index in [-0.39, 0.29) is 0 Å². The molecular weight excluding hydrogens is 238 g/mol. The molecule has 5 heteroatoms. The molecule has 1 aliphatic carbocycles. The maximum absolute atomic E-state index is 4.35. The number of hydrogen-bond acceptors (Lipinski definition) is 4. The fourth-order valence-corrected chi connectivity index (χ4v) is 3.52. The predicted octanol–water partition coefficient (Wildman–Crippen LogP) is 2.98. The van der Waals surface area contributed by atoms with Gasteiger partial charge in [0.15, 0.2) is 11.5 Å². The summed E-state index contributed by atoms with van der Waals surface area (Å²) in [5, 5.41) is 3.57. The van der Waals surface area contributed by atoms with Crippen molar-refractivity contribution in [3.63, 3.8) is 0 Å². The number of H-pyrrole nitrogens is 1. The van der Waals surface area contributed by atoms with Crippen LogP contribution in [0.25, 0.3) is 11.2 Å². The maximum atomic E-state index is 4.35. The van der Waals surface area contributed by atoms with Crippen molar-refractivity contribution in [2.75, 3.05) is 5.32 Å². The lowest BCUT2D eigenvalue weighted by Crippen LogP contribution is -2.35. The van der Waals surface area contributed by atoms with E-state index in [1.807, 2.05) is 0 Å². The van der Waals surface area contributed by atoms with Crippen molar-refractivity contribution in [2.45, 2.75) is 46.1 Å². The Bertz CT molecular complexity index is 574. The number of rotatable bonds is 2. The fourth-order valence-electron chi connectivity index (χ4n) is 3.52. The summed E-state index contributed by atoms with van der Waals surface area (Å²) in [5.74, 6) is 1.62. The Morgan fingerprint density at radius 1 is 1.26 bits per heavy atom. The molecule has 0 aliphatic heterocycles. The lowest BCUT2D eigenvalue weighted by molar-refractivity contribution is 0.178. The molecule has 2 heterocycles. The third-order valence-corrected chi connectivity index (χ3v) is 3.95. The van der Waals surface area contributed by atoms with Gasteiger partial charge in [0.1, 0.15) is 11.8 Å². The van der Waals surface area contributed by atoms with Gasteiger partial charge in [-0.2, -0.15) is 0 Å². The molecule has 1 fully saturated rings. The Kier molecular flexibility index (Phi) is 2.92. The molecule has 19 heavy (non-hydrogen) atoms. The van der Waals surface area contributed by atoms with E-state index in [1.165, 1.54) is 19.3 Å². The van der Waals surface area contributed by atoms with Crippen LogP contribution in [0.3, 0.4) is 0 Å². The first-order valence-electron chi connectivity index (χ1n) is 6.94. The average Bonchev–Trinajstić information content (AvgIpc) is 2.75. The van der Waals surface area contributed by atoms with Crippen LogP contribution >= 0.6 is 0 Å². The Labute approximate surface area is 113 Å². The highest BCUT2D eigenvalue weighted by atomic mass is 15.1. The molecule has 0 amide bonds. The van der Waals surface area contributed by atoms with E-state index in [2.05, 4.69) is 46.0 Å². The predicted molar refractivity (Wildman–Crippen MR) is 75.9 cm³/mol. The summed E-state index contributed by atoms with van der Waals surface area (Å²) in [6.07, 6.45) is 6.91. The molecule has 2 atom stereocenters. The minimum Gasteiger partial charge on any atom is -0.365 e. The molecule has 1 saturated carbocycles. The monoisotopic (exact) mass is 259 g/mol. The molecule has 0 radical (unpaired) electrons. The molecule has 3 rings (SSSR count). The van der Waals surface area contributed by atoms with Crippen LogP contribution in [0, 0.1) is 11.3 Å². The average molecular weight is 259 g/mol. The molecule has 0 unspecified atom stereocenters. The number of hydrogen-bond donors (Lipinski definition) is 2. The Hall–Kier alpha value is -1.65. The van der Waals surface area contributed by atoms with Gasteiger partial charge in [-0.1, -0.05) is 20.8 Å². The third-order valence-electron chi connectivity index (χ3n) is 3.95. The quantitative estimate of drug-likeness (QED) is 0.870. The van der Waals surface area contributed by atoms with E-state index >= 15 is 0 Å². The van der Waals surface area contributed by atoms with Gasteiger partial charge in [0.2, 0.25) is 0 Å². The van der Waals surface area contributed by atoms with Crippen molar-refractivity contribution in [3.8, 4) is 0 Å². The van der Waals surface area contributed by atoms with Gasteiger partial charge in [0, 0.05) is 6.04 Å². The molecule has 0 saturated heterocycles. The number of nitrogens with zero attached hydrogens (tertiary/aromatic N) is 3. The van der Waals surface area contributed by atoms with Gasteiger partial charge >= 0.3 is 0 Å². The van der Waals surface area contributed by atoms with Crippen LogP contribution in [0.2, 0.25) is 0 Å². The minimum atomic E-state index is 0.398. The zero-order valence-electron chi connectivity index (χ0n) is 11.8. The van der Waals surface area contributed by atoms with Crippen LogP contribution in [0.15, 0.2) is 12.7 Å². The number of fused-ring (bicyclic) bond motifs is 1. The van der Waals surface area contributed by atoms with Crippen molar-refractivity contribution >= 4 is 17.0 Å². The van der Waals surface area contributed by atoms with E-state index in [9.17, 15) is 0 Å². The number of aromatic amines is 1. The van der Waals surface area contributed by atoms with E-state index in [0.29, 0.717) is 11.5 Å². The Balaban J connectivity index is 1.83. The normalized spacial score (nSPS) is 26.5. The van der Waals surface area contributed by atoms with E-state index in [0.717, 1.165) is 22.9 Å². The van der Waals surface area contributed by atoms with Gasteiger partial charge in [-0.25, -0.2) is 15.0 Å². The zero-order valence-corrected chi connectivity index (χ0v) is 11.8. The van der Waals surface area contributed by atoms with Gasteiger partial charge in [0.25, 0.3) is 0 Å². The van der Waals surface area contributed by atoms with Crippen molar-refractivity contribution in [2.24, 2.45) is 11.3 Å². The molecule has 5 nitrogen and oxygen atoms in total. The van der Waals surface area contributed by atoms with Crippen LogP contribution in [-0.4, -0.2) is 26.0 Å². The van der Waals surface area contributed by atoms with Gasteiger partial charge in [-0.05, 0) is 30.6 Å². The first-order chi connectivity index (χ1) is 9.03. The van der Waals surface area contributed by atoms with Crippen LogP contribution in [-0.2, 0) is 0 Å². The number of nitrogens with one attached hydrogen (secondary N) is 2. The highest BCUT2D eigenvalue weighted by Gasteiger charge is 2.32. The molecular formula is C14H21N5. The second kappa shape index (κ2) is 4.47. The summed E-state index contributed by atoms with van der Waals surface area (Å²) in [5.41, 5.74) is 2.02. The van der Waals surface area contributed by atoms with Crippen LogP contribution in [0.1, 0.15) is 40.0 Å². The summed E-state index contributed by atoms with van der Waals surface area (Å²) >= 11 is 0. The third kappa shape index (κ3) is 2.55. The van der Waals surface area contributed by atoms with Crippen molar-refractivity contribution in [1.82, 2.24) is 19.9 Å². The largest absolute Gasteiger partial charge is 0.365 e. The smallest absolute Gasteiger partial charge is 0.182 e. The summed E-state index contributed by atoms with van der Waals surface area (Å²) in [4.78, 5) is 15.8. The standard InChI is InChI=1S/C14H21N5/c1-9-4-10(6-14(2,3)5-9)19-13-11-12(16-7-15-11)17-8-18-13/h7-10H,4-6H2,1-3H3,(H2,15,16,17,18,19)/t9-,10-/m0/s1. The molecule has 0 aromatic carbocycles. The second-order valence-corrected chi connectivity index (χ2v) is 6.58. The zero-order chi connectivity index (χ0) is 13.5. The Morgan fingerprint density at radius 2 is 2.11 bits per heavy atom. The second-order valence-electron chi connectivity index (χ2n) is 6.58. The first-order valence-corrected chi connectivity index (χ1v) is 6.94.